The van der Waals surface area contributed by atoms with Crippen molar-refractivity contribution in [1.82, 2.24) is 5.32 Å². The Balaban J connectivity index is 1.46. The van der Waals surface area contributed by atoms with Gasteiger partial charge >= 0.3 is 0 Å². The topological polar surface area (TPSA) is 58.2 Å². The van der Waals surface area contributed by atoms with Crippen LogP contribution >= 0.6 is 12.2 Å². The van der Waals surface area contributed by atoms with E-state index in [1.807, 2.05) is 0 Å². The van der Waals surface area contributed by atoms with Crippen LogP contribution in [0.5, 0.6) is 0 Å². The Bertz CT molecular complexity index is 657. The molecule has 7 nitrogen and oxygen atoms in total. The molecule has 1 atom stereocenters. The number of hydrogen-bond acceptors (Lipinski definition) is 6. The summed E-state index contributed by atoms with van der Waals surface area (Å²) in [7, 11) is 0. The molecule has 0 unspecified atom stereocenters. The van der Waals surface area contributed by atoms with Crippen LogP contribution in [0.25, 0.3) is 0 Å². The molecule has 8 heteroatoms. The molecular weight excluding hydrogens is 376 g/mol. The summed E-state index contributed by atoms with van der Waals surface area (Å²) >= 11 is 5.54. The fourth-order valence-electron chi connectivity index (χ4n) is 3.89. The van der Waals surface area contributed by atoms with Gasteiger partial charge in [-0.15, -0.1) is 0 Å². The predicted molar refractivity (Wildman–Crippen MR) is 116 cm³/mol. The number of benzene rings is 1. The van der Waals surface area contributed by atoms with E-state index in [9.17, 15) is 0 Å². The first-order valence-corrected chi connectivity index (χ1v) is 10.7. The Morgan fingerprint density at radius 2 is 1.71 bits per heavy atom. The third kappa shape index (κ3) is 5.05. The molecule has 0 spiro atoms. The molecule has 0 radical (unpaired) electrons. The van der Waals surface area contributed by atoms with Gasteiger partial charge in [-0.3, -0.25) is 0 Å². The maximum Gasteiger partial charge on any atom is 0.170 e. The highest BCUT2D eigenvalue weighted by molar-refractivity contribution is 7.80. The summed E-state index contributed by atoms with van der Waals surface area (Å²) in [6, 6.07) is 6.57. The van der Waals surface area contributed by atoms with Gasteiger partial charge in [0.25, 0.3) is 0 Å². The van der Waals surface area contributed by atoms with E-state index >= 15 is 0 Å². The van der Waals surface area contributed by atoms with Crippen molar-refractivity contribution >= 4 is 34.4 Å². The number of nitrogens with one attached hydrogen (secondary N) is 2. The van der Waals surface area contributed by atoms with Crippen LogP contribution in [-0.4, -0.2) is 77.0 Å². The average molecular weight is 407 g/mol. The number of nitrogens with zero attached hydrogens (tertiary/aromatic N) is 2. The molecule has 3 heterocycles. The lowest BCUT2D eigenvalue weighted by molar-refractivity contribution is 0.114. The monoisotopic (exact) mass is 406 g/mol. The van der Waals surface area contributed by atoms with Crippen LogP contribution in [-0.2, 0) is 14.2 Å². The summed E-state index contributed by atoms with van der Waals surface area (Å²) in [5, 5.41) is 7.35. The molecule has 154 valence electrons. The lowest BCUT2D eigenvalue weighted by atomic mass is 10.2. The Labute approximate surface area is 172 Å². The van der Waals surface area contributed by atoms with E-state index in [2.05, 4.69) is 38.6 Å². The maximum atomic E-state index is 5.67. The molecule has 4 rings (SSSR count). The zero-order chi connectivity index (χ0) is 19.2. The molecule has 1 aromatic rings. The van der Waals surface area contributed by atoms with Crippen molar-refractivity contribution in [3.05, 3.63) is 18.2 Å². The highest BCUT2D eigenvalue weighted by atomic mass is 32.1. The van der Waals surface area contributed by atoms with Crippen LogP contribution in [0.3, 0.4) is 0 Å². The molecule has 3 saturated heterocycles. The molecule has 3 aliphatic heterocycles. The Kier molecular flexibility index (Phi) is 6.85. The molecule has 0 aliphatic carbocycles. The zero-order valence-electron chi connectivity index (χ0n) is 16.3. The number of thiocarbonyl (C=S) groups is 1. The summed E-state index contributed by atoms with van der Waals surface area (Å²) in [5.74, 6) is 0. The third-order valence-corrected chi connectivity index (χ3v) is 5.72. The van der Waals surface area contributed by atoms with Crippen molar-refractivity contribution in [3.63, 3.8) is 0 Å². The van der Waals surface area contributed by atoms with Gasteiger partial charge in [-0.05, 0) is 43.3 Å². The number of ether oxygens (including phenoxy) is 3. The molecule has 2 N–H and O–H groups in total. The minimum Gasteiger partial charge on any atom is -0.378 e. The zero-order valence-corrected chi connectivity index (χ0v) is 17.1. The van der Waals surface area contributed by atoms with E-state index in [0.717, 1.165) is 84.3 Å². The standard InChI is InChI=1S/C20H30N4O3S/c28-20(21-15-17-2-1-9-27-17)22-18-4-3-16(23-5-10-25-11-6-23)14-19(18)24-7-12-26-13-8-24/h3-4,14,17H,1-2,5-13,15H2,(H2,21,22,28)/t17-/m0/s1. The van der Waals surface area contributed by atoms with Gasteiger partial charge in [-0.25, -0.2) is 0 Å². The lowest BCUT2D eigenvalue weighted by Gasteiger charge is -2.34. The summed E-state index contributed by atoms with van der Waals surface area (Å²) in [5.41, 5.74) is 3.44. The second-order valence-corrected chi connectivity index (χ2v) is 7.78. The van der Waals surface area contributed by atoms with Gasteiger partial charge in [0.05, 0.1) is 43.9 Å². The second kappa shape index (κ2) is 9.73. The van der Waals surface area contributed by atoms with Gasteiger partial charge in [-0.2, -0.15) is 0 Å². The van der Waals surface area contributed by atoms with Gasteiger partial charge < -0.3 is 34.6 Å². The molecule has 0 bridgehead atoms. The largest absolute Gasteiger partial charge is 0.378 e. The number of rotatable bonds is 5. The molecule has 28 heavy (non-hydrogen) atoms. The van der Waals surface area contributed by atoms with Crippen molar-refractivity contribution in [2.45, 2.75) is 18.9 Å². The summed E-state index contributed by atoms with van der Waals surface area (Å²) in [6.45, 7) is 8.31. The van der Waals surface area contributed by atoms with E-state index < -0.39 is 0 Å². The van der Waals surface area contributed by atoms with E-state index in [-0.39, 0.29) is 6.10 Å². The van der Waals surface area contributed by atoms with Crippen molar-refractivity contribution in [3.8, 4) is 0 Å². The van der Waals surface area contributed by atoms with Gasteiger partial charge in [0, 0.05) is 45.0 Å². The Hall–Kier alpha value is -1.61. The van der Waals surface area contributed by atoms with Crippen LogP contribution in [0, 0.1) is 0 Å². The smallest absolute Gasteiger partial charge is 0.170 e. The van der Waals surface area contributed by atoms with E-state index in [1.165, 1.54) is 11.4 Å². The molecule has 1 aromatic carbocycles. The maximum absolute atomic E-state index is 5.67. The van der Waals surface area contributed by atoms with E-state index in [1.54, 1.807) is 0 Å². The van der Waals surface area contributed by atoms with Crippen molar-refractivity contribution < 1.29 is 14.2 Å². The van der Waals surface area contributed by atoms with Crippen molar-refractivity contribution in [2.75, 3.05) is 80.9 Å². The van der Waals surface area contributed by atoms with Gasteiger partial charge in [0.15, 0.2) is 5.11 Å². The first-order chi connectivity index (χ1) is 13.8. The highest BCUT2D eigenvalue weighted by Crippen LogP contribution is 2.32. The lowest BCUT2D eigenvalue weighted by Crippen LogP contribution is -2.39. The quantitative estimate of drug-likeness (QED) is 0.719. The van der Waals surface area contributed by atoms with Crippen LogP contribution in [0.1, 0.15) is 12.8 Å². The minimum absolute atomic E-state index is 0.266. The number of anilines is 3. The molecule has 3 fully saturated rings. The normalized spacial score (nSPS) is 22.9. The van der Waals surface area contributed by atoms with E-state index in [4.69, 9.17) is 26.4 Å². The Morgan fingerprint density at radius 1 is 1.00 bits per heavy atom. The summed E-state index contributed by atoms with van der Waals surface area (Å²) in [4.78, 5) is 4.75. The first-order valence-electron chi connectivity index (χ1n) is 10.3. The summed E-state index contributed by atoms with van der Waals surface area (Å²) < 4.78 is 16.7. The minimum atomic E-state index is 0.266. The van der Waals surface area contributed by atoms with Gasteiger partial charge in [-0.1, -0.05) is 0 Å². The Morgan fingerprint density at radius 3 is 2.39 bits per heavy atom. The second-order valence-electron chi connectivity index (χ2n) is 7.37. The third-order valence-electron chi connectivity index (χ3n) is 5.47. The fraction of sp³-hybridized carbons (Fsp3) is 0.650. The number of hydrogen-bond donors (Lipinski definition) is 2. The predicted octanol–water partition coefficient (Wildman–Crippen LogP) is 1.83. The van der Waals surface area contributed by atoms with Crippen LogP contribution < -0.4 is 20.4 Å². The molecule has 0 saturated carbocycles. The fourth-order valence-corrected chi connectivity index (χ4v) is 4.08. The van der Waals surface area contributed by atoms with Gasteiger partial charge in [0.1, 0.15) is 0 Å². The highest BCUT2D eigenvalue weighted by Gasteiger charge is 2.20. The molecule has 3 aliphatic rings. The van der Waals surface area contributed by atoms with Crippen LogP contribution in [0.15, 0.2) is 18.2 Å². The van der Waals surface area contributed by atoms with Gasteiger partial charge in [0.2, 0.25) is 0 Å². The SMILES string of the molecule is S=C(NC[C@@H]1CCCO1)Nc1ccc(N2CCOCC2)cc1N1CCOCC1. The molecular formula is C20H30N4O3S. The van der Waals surface area contributed by atoms with Crippen LogP contribution in [0.2, 0.25) is 0 Å². The van der Waals surface area contributed by atoms with Crippen molar-refractivity contribution in [2.24, 2.45) is 0 Å². The summed E-state index contributed by atoms with van der Waals surface area (Å²) in [6.07, 6.45) is 2.50. The first kappa shape index (κ1) is 19.7. The molecule has 0 amide bonds. The number of morpholine rings is 2. The average Bonchev–Trinajstić information content (AvgIpc) is 3.28. The molecule has 0 aromatic heterocycles. The van der Waals surface area contributed by atoms with E-state index in [0.29, 0.717) is 5.11 Å². The van der Waals surface area contributed by atoms with Crippen molar-refractivity contribution in [1.29, 1.82) is 0 Å². The van der Waals surface area contributed by atoms with Crippen LogP contribution in [0.4, 0.5) is 17.1 Å².